The molecule has 0 spiro atoms. The van der Waals surface area contributed by atoms with Gasteiger partial charge < -0.3 is 14.6 Å². The fourth-order valence-electron chi connectivity index (χ4n) is 2.81. The molecule has 0 saturated heterocycles. The van der Waals surface area contributed by atoms with Gasteiger partial charge in [0.15, 0.2) is 0 Å². The van der Waals surface area contributed by atoms with Crippen LogP contribution in [-0.2, 0) is 16.8 Å². The van der Waals surface area contributed by atoms with Crippen LogP contribution in [0.5, 0.6) is 0 Å². The van der Waals surface area contributed by atoms with Crippen molar-refractivity contribution < 1.29 is 9.26 Å². The van der Waals surface area contributed by atoms with Crippen LogP contribution in [0.15, 0.2) is 4.52 Å². The van der Waals surface area contributed by atoms with E-state index in [1.165, 1.54) is 0 Å². The number of aromatic nitrogens is 2. The number of nitrogens with zero attached hydrogens (tertiary/aromatic N) is 2. The summed E-state index contributed by atoms with van der Waals surface area (Å²) in [5.41, 5.74) is 0.0466. The largest absolute Gasteiger partial charge is 0.367 e. The van der Waals surface area contributed by atoms with E-state index in [0.29, 0.717) is 17.9 Å². The fourth-order valence-corrected chi connectivity index (χ4v) is 2.81. The maximum Gasteiger partial charge on any atom is 0.228 e. The molecule has 1 N–H and O–H groups in total. The van der Waals surface area contributed by atoms with E-state index < -0.39 is 0 Å². The molecule has 0 aromatic carbocycles. The van der Waals surface area contributed by atoms with Gasteiger partial charge in [0.1, 0.15) is 5.60 Å². The molecule has 2 rings (SSSR count). The molecule has 20 heavy (non-hydrogen) atoms. The van der Waals surface area contributed by atoms with E-state index in [9.17, 15) is 0 Å². The second kappa shape index (κ2) is 6.22. The summed E-state index contributed by atoms with van der Waals surface area (Å²) in [5, 5.41) is 7.28. The van der Waals surface area contributed by atoms with Crippen molar-refractivity contribution in [3.63, 3.8) is 0 Å². The van der Waals surface area contributed by atoms with Gasteiger partial charge in [-0.15, -0.1) is 0 Å². The molecule has 114 valence electrons. The first-order valence-electron chi connectivity index (χ1n) is 7.63. The lowest BCUT2D eigenvalue weighted by molar-refractivity contribution is -0.0957. The quantitative estimate of drug-likeness (QED) is 0.868. The Balaban J connectivity index is 2.14. The van der Waals surface area contributed by atoms with Gasteiger partial charge in [-0.2, -0.15) is 4.98 Å². The zero-order valence-electron chi connectivity index (χ0n) is 13.2. The van der Waals surface area contributed by atoms with Crippen LogP contribution >= 0.6 is 0 Å². The lowest BCUT2D eigenvalue weighted by Gasteiger charge is -2.41. The van der Waals surface area contributed by atoms with Gasteiger partial charge in [0, 0.05) is 19.6 Å². The van der Waals surface area contributed by atoms with E-state index in [0.717, 1.165) is 44.5 Å². The molecule has 0 aliphatic heterocycles. The zero-order chi connectivity index (χ0) is 14.6. The average molecular weight is 281 g/mol. The second-order valence-corrected chi connectivity index (χ2v) is 6.46. The Hall–Kier alpha value is -0.940. The van der Waals surface area contributed by atoms with Crippen LogP contribution in [0.4, 0.5) is 0 Å². The van der Waals surface area contributed by atoms with Gasteiger partial charge in [0.05, 0.1) is 0 Å². The topological polar surface area (TPSA) is 60.2 Å². The summed E-state index contributed by atoms with van der Waals surface area (Å²) in [5.74, 6) is 1.43. The van der Waals surface area contributed by atoms with Gasteiger partial charge in [-0.05, 0) is 45.1 Å². The van der Waals surface area contributed by atoms with Crippen LogP contribution < -0.4 is 5.32 Å². The molecule has 0 amide bonds. The normalized spacial score (nSPS) is 21.0. The maximum atomic E-state index is 6.07. The van der Waals surface area contributed by atoms with Crippen LogP contribution in [0.25, 0.3) is 0 Å². The molecule has 1 aliphatic rings. The van der Waals surface area contributed by atoms with Crippen LogP contribution in [0, 0.1) is 5.41 Å². The van der Waals surface area contributed by atoms with Gasteiger partial charge in [-0.25, -0.2) is 0 Å². The maximum absolute atomic E-state index is 6.07. The Morgan fingerprint density at radius 2 is 1.95 bits per heavy atom. The number of rotatable bonds is 6. The molecule has 0 unspecified atom stereocenters. The van der Waals surface area contributed by atoms with Gasteiger partial charge in [-0.3, -0.25) is 0 Å². The lowest BCUT2D eigenvalue weighted by atomic mass is 9.70. The Kier molecular flexibility index (Phi) is 4.81. The molecule has 1 aromatic heterocycles. The highest BCUT2D eigenvalue weighted by molar-refractivity contribution is 5.05. The summed E-state index contributed by atoms with van der Waals surface area (Å²) >= 11 is 0. The first kappa shape index (κ1) is 15.4. The third-order valence-electron chi connectivity index (χ3n) is 4.30. The van der Waals surface area contributed by atoms with Gasteiger partial charge >= 0.3 is 0 Å². The van der Waals surface area contributed by atoms with E-state index in [2.05, 4.69) is 29.3 Å². The number of likely N-dealkylation sites (N-methyl/N-ethyl adjacent to an activating group) is 1. The van der Waals surface area contributed by atoms with Crippen molar-refractivity contribution in [2.75, 3.05) is 20.2 Å². The summed E-state index contributed by atoms with van der Waals surface area (Å²) in [6, 6.07) is 0. The van der Waals surface area contributed by atoms with Crippen molar-refractivity contribution in [2.45, 2.75) is 58.5 Å². The van der Waals surface area contributed by atoms with Crippen molar-refractivity contribution in [1.29, 1.82) is 0 Å². The fraction of sp³-hybridized carbons (Fsp3) is 0.867. The summed E-state index contributed by atoms with van der Waals surface area (Å²) in [4.78, 5) is 4.57. The third kappa shape index (κ3) is 3.38. The Morgan fingerprint density at radius 1 is 1.25 bits per heavy atom. The Morgan fingerprint density at radius 3 is 2.55 bits per heavy atom. The molecule has 1 saturated carbocycles. The zero-order valence-corrected chi connectivity index (χ0v) is 13.2. The smallest absolute Gasteiger partial charge is 0.228 e. The molecule has 5 heteroatoms. The van der Waals surface area contributed by atoms with E-state index in [1.54, 1.807) is 0 Å². The SMILES string of the molecule is CCOC1(c2noc(CCNC)n2)CCC(C)(C)CC1. The van der Waals surface area contributed by atoms with Crippen LogP contribution in [0.3, 0.4) is 0 Å². The van der Waals surface area contributed by atoms with Crippen molar-refractivity contribution in [3.8, 4) is 0 Å². The molecule has 0 radical (unpaired) electrons. The van der Waals surface area contributed by atoms with Gasteiger partial charge in [-0.1, -0.05) is 19.0 Å². The monoisotopic (exact) mass is 281 g/mol. The molecule has 1 heterocycles. The highest BCUT2D eigenvalue weighted by Gasteiger charge is 2.43. The molecule has 0 atom stereocenters. The van der Waals surface area contributed by atoms with E-state index in [4.69, 9.17) is 9.26 Å². The van der Waals surface area contributed by atoms with Crippen molar-refractivity contribution in [1.82, 2.24) is 15.5 Å². The van der Waals surface area contributed by atoms with Crippen LogP contribution in [-0.4, -0.2) is 30.3 Å². The average Bonchev–Trinajstić information content (AvgIpc) is 2.89. The van der Waals surface area contributed by atoms with Crippen molar-refractivity contribution >= 4 is 0 Å². The molecular weight excluding hydrogens is 254 g/mol. The second-order valence-electron chi connectivity index (χ2n) is 6.46. The highest BCUT2D eigenvalue weighted by Crippen LogP contribution is 2.46. The van der Waals surface area contributed by atoms with Crippen LogP contribution in [0.1, 0.15) is 58.2 Å². The predicted molar refractivity (Wildman–Crippen MR) is 77.5 cm³/mol. The molecule has 1 fully saturated rings. The van der Waals surface area contributed by atoms with Gasteiger partial charge in [0.2, 0.25) is 11.7 Å². The van der Waals surface area contributed by atoms with E-state index in [-0.39, 0.29) is 5.60 Å². The standard InChI is InChI=1S/C15H27N3O2/c1-5-19-15(9-7-14(2,3)8-10-15)13-17-12(20-18-13)6-11-16-4/h16H,5-11H2,1-4H3. The van der Waals surface area contributed by atoms with Gasteiger partial charge in [0.25, 0.3) is 0 Å². The minimum atomic E-state index is -0.342. The number of hydrogen-bond donors (Lipinski definition) is 1. The summed E-state index contributed by atoms with van der Waals surface area (Å²) < 4.78 is 11.4. The summed E-state index contributed by atoms with van der Waals surface area (Å²) in [6.45, 7) is 8.19. The Labute approximate surface area is 121 Å². The highest BCUT2D eigenvalue weighted by atomic mass is 16.5. The molecule has 1 aliphatic carbocycles. The number of nitrogens with one attached hydrogen (secondary N) is 1. The summed E-state index contributed by atoms with van der Waals surface area (Å²) in [6.07, 6.45) is 4.97. The molecular formula is C15H27N3O2. The number of ether oxygens (including phenoxy) is 1. The predicted octanol–water partition coefficient (Wildman–Crippen LogP) is 2.66. The molecule has 1 aromatic rings. The first-order chi connectivity index (χ1) is 9.51. The van der Waals surface area contributed by atoms with Crippen LogP contribution in [0.2, 0.25) is 0 Å². The minimum absolute atomic E-state index is 0.342. The third-order valence-corrected chi connectivity index (χ3v) is 4.30. The van der Waals surface area contributed by atoms with Crippen molar-refractivity contribution in [3.05, 3.63) is 11.7 Å². The number of hydrogen-bond acceptors (Lipinski definition) is 5. The molecule has 5 nitrogen and oxygen atoms in total. The van der Waals surface area contributed by atoms with E-state index >= 15 is 0 Å². The molecule has 0 bridgehead atoms. The first-order valence-corrected chi connectivity index (χ1v) is 7.63. The lowest BCUT2D eigenvalue weighted by Crippen LogP contribution is -2.38. The Bertz CT molecular complexity index is 419. The van der Waals surface area contributed by atoms with Crippen molar-refractivity contribution in [2.24, 2.45) is 5.41 Å². The van der Waals surface area contributed by atoms with E-state index in [1.807, 2.05) is 14.0 Å². The summed E-state index contributed by atoms with van der Waals surface area (Å²) in [7, 11) is 1.92. The minimum Gasteiger partial charge on any atom is -0.367 e.